The van der Waals surface area contributed by atoms with Crippen LogP contribution in [0.15, 0.2) is 52.3 Å². The normalized spacial score (nSPS) is 11.2. The number of benzene rings is 2. The number of carboxylic acids is 1. The number of para-hydroxylation sites is 1. The molecule has 0 aliphatic rings. The number of aromatic hydroxyl groups is 1. The van der Waals surface area contributed by atoms with E-state index < -0.39 is 11.9 Å². The number of carboxylic acid groups (broad SMARTS) is 1. The molecule has 0 aliphatic heterocycles. The number of furan rings is 1. The molecular weight excluding hydrogens is 426 g/mol. The van der Waals surface area contributed by atoms with Gasteiger partial charge in [0.1, 0.15) is 21.8 Å². The molecule has 148 valence electrons. The molecule has 1 amide bonds. The number of phenolic OH excluding ortho intramolecular Hbond substituents is 1. The Morgan fingerprint density at radius 3 is 2.80 bits per heavy atom. The van der Waals surface area contributed by atoms with E-state index in [2.05, 4.69) is 14.9 Å². The second kappa shape index (κ2) is 6.94. The van der Waals surface area contributed by atoms with Crippen LogP contribution in [0.4, 0.5) is 5.00 Å². The van der Waals surface area contributed by atoms with E-state index in [1.165, 1.54) is 17.6 Å². The highest BCUT2D eigenvalue weighted by atomic mass is 32.1. The number of anilines is 1. The second-order valence-electron chi connectivity index (χ2n) is 6.37. The van der Waals surface area contributed by atoms with Crippen molar-refractivity contribution in [2.24, 2.45) is 0 Å². The number of rotatable bonds is 4. The minimum atomic E-state index is -1.20. The van der Waals surface area contributed by atoms with Crippen LogP contribution in [-0.2, 0) is 0 Å². The molecular formula is C20H11N3O5S2. The van der Waals surface area contributed by atoms with Gasteiger partial charge >= 0.3 is 5.97 Å². The second-order valence-corrected chi connectivity index (χ2v) is 8.04. The summed E-state index contributed by atoms with van der Waals surface area (Å²) in [5.41, 5.74) is 1.57. The van der Waals surface area contributed by atoms with E-state index in [1.54, 1.807) is 41.8 Å². The molecule has 5 rings (SSSR count). The quantitative estimate of drug-likeness (QED) is 0.368. The molecule has 0 fully saturated rings. The molecule has 0 saturated carbocycles. The number of phenols is 1. The standard InChI is InChI=1S/C20H11N3O5S2/c24-13-3-1-2-9-6-14(28-17(9)13)11-8-29-19(16(11)20(26)27)21-18(25)10-4-5-12-15(7-10)30-23-22-12/h1-8,24H,(H,21,25)(H,26,27). The van der Waals surface area contributed by atoms with Crippen LogP contribution >= 0.6 is 22.9 Å². The average molecular weight is 437 g/mol. The molecule has 30 heavy (non-hydrogen) atoms. The van der Waals surface area contributed by atoms with Crippen molar-refractivity contribution < 1.29 is 24.2 Å². The molecule has 0 atom stereocenters. The molecule has 3 aromatic heterocycles. The van der Waals surface area contributed by atoms with Gasteiger partial charge in [0.2, 0.25) is 0 Å². The summed E-state index contributed by atoms with van der Waals surface area (Å²) in [6.07, 6.45) is 0. The first-order chi connectivity index (χ1) is 14.5. The topological polar surface area (TPSA) is 126 Å². The first-order valence-electron chi connectivity index (χ1n) is 8.61. The van der Waals surface area contributed by atoms with E-state index in [1.807, 2.05) is 0 Å². The first kappa shape index (κ1) is 18.3. The fraction of sp³-hybridized carbons (Fsp3) is 0. The average Bonchev–Trinajstić information content (AvgIpc) is 3.45. The van der Waals surface area contributed by atoms with Crippen molar-refractivity contribution in [2.45, 2.75) is 0 Å². The molecule has 0 saturated heterocycles. The highest BCUT2D eigenvalue weighted by molar-refractivity contribution is 7.15. The van der Waals surface area contributed by atoms with Crippen LogP contribution in [-0.4, -0.2) is 31.7 Å². The summed E-state index contributed by atoms with van der Waals surface area (Å²) in [4.78, 5) is 24.7. The minimum absolute atomic E-state index is 0.0349. The maximum absolute atomic E-state index is 12.7. The summed E-state index contributed by atoms with van der Waals surface area (Å²) in [6.45, 7) is 0. The Bertz CT molecular complexity index is 1450. The smallest absolute Gasteiger partial charge is 0.339 e. The highest BCUT2D eigenvalue weighted by Gasteiger charge is 2.24. The van der Waals surface area contributed by atoms with Crippen molar-refractivity contribution in [3.63, 3.8) is 0 Å². The van der Waals surface area contributed by atoms with Gasteiger partial charge in [-0.1, -0.05) is 16.6 Å². The van der Waals surface area contributed by atoms with Crippen LogP contribution < -0.4 is 5.32 Å². The number of carbonyl (C=O) groups is 2. The highest BCUT2D eigenvalue weighted by Crippen LogP contribution is 2.39. The zero-order valence-electron chi connectivity index (χ0n) is 14.9. The van der Waals surface area contributed by atoms with Gasteiger partial charge in [-0.25, -0.2) is 4.79 Å². The Morgan fingerprint density at radius 2 is 2.00 bits per heavy atom. The van der Waals surface area contributed by atoms with E-state index >= 15 is 0 Å². The number of carbonyl (C=O) groups excluding carboxylic acids is 1. The number of nitrogens with zero attached hydrogens (tertiary/aromatic N) is 2. The Hall–Kier alpha value is -3.76. The predicted octanol–water partition coefficient (Wildman–Crippen LogP) is 4.82. The zero-order chi connectivity index (χ0) is 20.8. The SMILES string of the molecule is O=C(Nc1scc(-c2cc3cccc(O)c3o2)c1C(=O)O)c1ccc2nnsc2c1. The Kier molecular flexibility index (Phi) is 4.23. The van der Waals surface area contributed by atoms with E-state index in [-0.39, 0.29) is 27.7 Å². The van der Waals surface area contributed by atoms with Crippen molar-refractivity contribution in [1.82, 2.24) is 9.59 Å². The van der Waals surface area contributed by atoms with Crippen LogP contribution in [0.25, 0.3) is 32.5 Å². The van der Waals surface area contributed by atoms with Crippen molar-refractivity contribution in [3.05, 3.63) is 59.0 Å². The number of fused-ring (bicyclic) bond motifs is 2. The molecule has 0 bridgehead atoms. The lowest BCUT2D eigenvalue weighted by Crippen LogP contribution is -2.13. The maximum atomic E-state index is 12.7. The lowest BCUT2D eigenvalue weighted by atomic mass is 10.1. The third-order valence-corrected chi connectivity index (χ3v) is 6.11. The van der Waals surface area contributed by atoms with Crippen LogP contribution in [0.2, 0.25) is 0 Å². The van der Waals surface area contributed by atoms with Gasteiger partial charge in [-0.15, -0.1) is 16.4 Å². The van der Waals surface area contributed by atoms with E-state index in [0.29, 0.717) is 22.0 Å². The summed E-state index contributed by atoms with van der Waals surface area (Å²) in [5, 5.41) is 28.8. The van der Waals surface area contributed by atoms with Gasteiger partial charge in [-0.05, 0) is 41.9 Å². The molecule has 0 unspecified atom stereocenters. The summed E-state index contributed by atoms with van der Waals surface area (Å²) in [5.74, 6) is -1.39. The van der Waals surface area contributed by atoms with Crippen LogP contribution in [0.5, 0.6) is 5.75 Å². The number of amides is 1. The molecule has 2 aromatic carbocycles. The van der Waals surface area contributed by atoms with Gasteiger partial charge < -0.3 is 19.9 Å². The number of aromatic carboxylic acids is 1. The predicted molar refractivity (Wildman–Crippen MR) is 114 cm³/mol. The van der Waals surface area contributed by atoms with Gasteiger partial charge in [0, 0.05) is 21.9 Å². The molecule has 0 spiro atoms. The lowest BCUT2D eigenvalue weighted by molar-refractivity contribution is 0.0699. The number of hydrogen-bond acceptors (Lipinski definition) is 8. The molecule has 10 heteroatoms. The lowest BCUT2D eigenvalue weighted by Gasteiger charge is -2.05. The molecule has 0 radical (unpaired) electrons. The first-order valence-corrected chi connectivity index (χ1v) is 10.3. The fourth-order valence-electron chi connectivity index (χ4n) is 3.12. The molecule has 3 heterocycles. The largest absolute Gasteiger partial charge is 0.504 e. The Labute approximate surface area is 176 Å². The third-order valence-electron chi connectivity index (χ3n) is 4.53. The van der Waals surface area contributed by atoms with Crippen molar-refractivity contribution >= 4 is 60.9 Å². The van der Waals surface area contributed by atoms with Gasteiger partial charge in [0.15, 0.2) is 11.3 Å². The van der Waals surface area contributed by atoms with Crippen LogP contribution in [0.1, 0.15) is 20.7 Å². The minimum Gasteiger partial charge on any atom is -0.504 e. The van der Waals surface area contributed by atoms with Crippen molar-refractivity contribution in [1.29, 1.82) is 0 Å². The third kappa shape index (κ3) is 2.98. The molecule has 8 nitrogen and oxygen atoms in total. The van der Waals surface area contributed by atoms with Gasteiger partial charge in [0.05, 0.1) is 4.70 Å². The van der Waals surface area contributed by atoms with Crippen LogP contribution in [0, 0.1) is 0 Å². The Morgan fingerprint density at radius 1 is 1.13 bits per heavy atom. The Balaban J connectivity index is 1.52. The van der Waals surface area contributed by atoms with Crippen LogP contribution in [0.3, 0.4) is 0 Å². The maximum Gasteiger partial charge on any atom is 0.339 e. The summed E-state index contributed by atoms with van der Waals surface area (Å²) < 4.78 is 10.3. The van der Waals surface area contributed by atoms with E-state index in [9.17, 15) is 19.8 Å². The summed E-state index contributed by atoms with van der Waals surface area (Å²) in [6, 6.07) is 11.5. The van der Waals surface area contributed by atoms with Gasteiger partial charge in [-0.2, -0.15) is 0 Å². The fourth-order valence-corrected chi connectivity index (χ4v) is 4.65. The number of nitrogens with one attached hydrogen (secondary N) is 1. The van der Waals surface area contributed by atoms with Gasteiger partial charge in [0.25, 0.3) is 5.91 Å². The van der Waals surface area contributed by atoms with Gasteiger partial charge in [-0.3, -0.25) is 4.79 Å². The number of hydrogen-bond donors (Lipinski definition) is 3. The monoisotopic (exact) mass is 437 g/mol. The van der Waals surface area contributed by atoms with Crippen molar-refractivity contribution in [3.8, 4) is 17.1 Å². The zero-order valence-corrected chi connectivity index (χ0v) is 16.6. The number of thiophene rings is 1. The summed E-state index contributed by atoms with van der Waals surface area (Å²) >= 11 is 2.26. The number of aromatic nitrogens is 2. The molecule has 0 aliphatic carbocycles. The summed E-state index contributed by atoms with van der Waals surface area (Å²) in [7, 11) is 0. The van der Waals surface area contributed by atoms with E-state index in [4.69, 9.17) is 4.42 Å². The van der Waals surface area contributed by atoms with E-state index in [0.717, 1.165) is 16.0 Å². The van der Waals surface area contributed by atoms with Crippen molar-refractivity contribution in [2.75, 3.05) is 5.32 Å². The molecule has 5 aromatic rings. The molecule has 3 N–H and O–H groups in total.